The van der Waals surface area contributed by atoms with Crippen molar-refractivity contribution in [2.75, 3.05) is 14.2 Å². The Kier molecular flexibility index (Phi) is 4.80. The van der Waals surface area contributed by atoms with E-state index in [0.717, 1.165) is 30.6 Å². The fourth-order valence-corrected chi connectivity index (χ4v) is 2.42. The quantitative estimate of drug-likeness (QED) is 0.766. The lowest BCUT2D eigenvalue weighted by Crippen LogP contribution is -2.28. The minimum absolute atomic E-state index is 0.0554. The molecule has 1 aliphatic rings. The summed E-state index contributed by atoms with van der Waals surface area (Å²) in [7, 11) is 3.29. The topological polar surface area (TPSA) is 44.8 Å². The molecule has 0 unspecified atom stereocenters. The Morgan fingerprint density at radius 3 is 2.47 bits per heavy atom. The Balaban J connectivity index is 1.86. The number of benzene rings is 1. The molecule has 0 heterocycles. The predicted molar refractivity (Wildman–Crippen MR) is 71.2 cm³/mol. The van der Waals surface area contributed by atoms with Crippen LogP contribution in [-0.2, 0) is 20.7 Å². The maximum atomic E-state index is 11.9. The normalized spacial score (nSPS) is 22.2. The van der Waals surface area contributed by atoms with Crippen LogP contribution in [0, 0.1) is 0 Å². The number of esters is 1. The first-order chi connectivity index (χ1) is 9.22. The molecule has 1 saturated carbocycles. The van der Waals surface area contributed by atoms with Gasteiger partial charge in [0.25, 0.3) is 0 Å². The molecule has 19 heavy (non-hydrogen) atoms. The predicted octanol–water partition coefficient (Wildman–Crippen LogP) is 2.35. The first-order valence-electron chi connectivity index (χ1n) is 6.58. The largest absolute Gasteiger partial charge is 0.497 e. The van der Waals surface area contributed by atoms with Crippen LogP contribution < -0.4 is 4.74 Å². The molecule has 1 fully saturated rings. The Hall–Kier alpha value is -1.55. The fraction of sp³-hybridized carbons (Fsp3) is 0.533. The highest BCUT2D eigenvalue weighted by molar-refractivity contribution is 5.72. The van der Waals surface area contributed by atoms with Gasteiger partial charge in [-0.25, -0.2) is 0 Å². The third kappa shape index (κ3) is 3.70. The fourth-order valence-electron chi connectivity index (χ4n) is 2.42. The molecule has 2 rings (SSSR count). The molecule has 1 aromatic rings. The molecule has 0 amide bonds. The minimum atomic E-state index is -0.195. The van der Waals surface area contributed by atoms with Crippen molar-refractivity contribution in [3.8, 4) is 5.75 Å². The molecule has 0 spiro atoms. The Bertz CT molecular complexity index is 413. The maximum absolute atomic E-state index is 11.9. The molecule has 0 bridgehead atoms. The van der Waals surface area contributed by atoms with E-state index < -0.39 is 0 Å². The third-order valence-electron chi connectivity index (χ3n) is 3.49. The summed E-state index contributed by atoms with van der Waals surface area (Å²) in [5, 5.41) is 0. The molecule has 0 aromatic heterocycles. The second kappa shape index (κ2) is 6.57. The smallest absolute Gasteiger partial charge is 0.310 e. The zero-order valence-electron chi connectivity index (χ0n) is 11.4. The first-order valence-corrected chi connectivity index (χ1v) is 6.58. The van der Waals surface area contributed by atoms with Crippen LogP contribution in [0.2, 0.25) is 0 Å². The zero-order valence-corrected chi connectivity index (χ0v) is 11.4. The third-order valence-corrected chi connectivity index (χ3v) is 3.49. The molecule has 2 atom stereocenters. The van der Waals surface area contributed by atoms with Crippen LogP contribution in [0.1, 0.15) is 24.8 Å². The van der Waals surface area contributed by atoms with E-state index in [9.17, 15) is 4.79 Å². The molecule has 1 aliphatic carbocycles. The van der Waals surface area contributed by atoms with Crippen molar-refractivity contribution >= 4 is 5.97 Å². The number of hydrogen-bond acceptors (Lipinski definition) is 4. The molecular weight excluding hydrogens is 244 g/mol. The van der Waals surface area contributed by atoms with E-state index in [1.807, 2.05) is 24.3 Å². The van der Waals surface area contributed by atoms with Gasteiger partial charge in [0.2, 0.25) is 0 Å². The Labute approximate surface area is 113 Å². The van der Waals surface area contributed by atoms with Crippen molar-refractivity contribution in [3.05, 3.63) is 29.8 Å². The van der Waals surface area contributed by atoms with E-state index >= 15 is 0 Å². The molecule has 4 nitrogen and oxygen atoms in total. The molecule has 0 aliphatic heterocycles. The molecule has 0 N–H and O–H groups in total. The number of methoxy groups -OCH3 is 2. The van der Waals surface area contributed by atoms with Gasteiger partial charge in [-0.2, -0.15) is 0 Å². The summed E-state index contributed by atoms with van der Waals surface area (Å²) < 4.78 is 15.9. The van der Waals surface area contributed by atoms with E-state index in [1.54, 1.807) is 14.2 Å². The number of ether oxygens (including phenoxy) is 3. The molecular formula is C15H20O4. The van der Waals surface area contributed by atoms with E-state index in [0.29, 0.717) is 0 Å². The lowest BCUT2D eigenvalue weighted by Gasteiger charge is -2.18. The van der Waals surface area contributed by atoms with Crippen LogP contribution in [0.4, 0.5) is 0 Å². The highest BCUT2D eigenvalue weighted by Gasteiger charge is 2.30. The average molecular weight is 264 g/mol. The van der Waals surface area contributed by atoms with Gasteiger partial charge in [-0.1, -0.05) is 12.1 Å². The van der Waals surface area contributed by atoms with Gasteiger partial charge in [0.1, 0.15) is 11.9 Å². The highest BCUT2D eigenvalue weighted by atomic mass is 16.6. The van der Waals surface area contributed by atoms with Gasteiger partial charge < -0.3 is 14.2 Å². The summed E-state index contributed by atoms with van der Waals surface area (Å²) in [6, 6.07) is 7.44. The van der Waals surface area contributed by atoms with Gasteiger partial charge in [-0.3, -0.25) is 4.79 Å². The number of carbonyl (C=O) groups excluding carboxylic acids is 1. The van der Waals surface area contributed by atoms with E-state index in [2.05, 4.69) is 0 Å². The summed E-state index contributed by atoms with van der Waals surface area (Å²) in [4.78, 5) is 11.9. The van der Waals surface area contributed by atoms with Gasteiger partial charge in [0, 0.05) is 7.11 Å². The summed E-state index contributed by atoms with van der Waals surface area (Å²) in [6.45, 7) is 0. The van der Waals surface area contributed by atoms with Crippen LogP contribution in [0.5, 0.6) is 5.75 Å². The second-order valence-electron chi connectivity index (χ2n) is 4.76. The van der Waals surface area contributed by atoms with Crippen LogP contribution in [0.25, 0.3) is 0 Å². The van der Waals surface area contributed by atoms with Crippen molar-refractivity contribution in [3.63, 3.8) is 0 Å². The van der Waals surface area contributed by atoms with E-state index in [1.165, 1.54) is 0 Å². The first kappa shape index (κ1) is 13.9. The lowest BCUT2D eigenvalue weighted by atomic mass is 10.1. The van der Waals surface area contributed by atoms with Crippen molar-refractivity contribution in [2.24, 2.45) is 0 Å². The average Bonchev–Trinajstić information content (AvgIpc) is 2.86. The van der Waals surface area contributed by atoms with Crippen molar-refractivity contribution in [1.82, 2.24) is 0 Å². The van der Waals surface area contributed by atoms with E-state index in [-0.39, 0.29) is 24.6 Å². The van der Waals surface area contributed by atoms with E-state index in [4.69, 9.17) is 14.2 Å². The lowest BCUT2D eigenvalue weighted by molar-refractivity contribution is -0.153. The van der Waals surface area contributed by atoms with Crippen molar-refractivity contribution in [1.29, 1.82) is 0 Å². The van der Waals surface area contributed by atoms with Crippen molar-refractivity contribution in [2.45, 2.75) is 37.9 Å². The number of carbonyl (C=O) groups is 1. The number of rotatable bonds is 5. The van der Waals surface area contributed by atoms with Gasteiger partial charge in [-0.05, 0) is 37.0 Å². The summed E-state index contributed by atoms with van der Waals surface area (Å²) in [6.07, 6.45) is 3.18. The Morgan fingerprint density at radius 2 is 1.84 bits per heavy atom. The van der Waals surface area contributed by atoms with Gasteiger partial charge in [-0.15, -0.1) is 0 Å². The Morgan fingerprint density at radius 1 is 1.16 bits per heavy atom. The van der Waals surface area contributed by atoms with Crippen LogP contribution in [0.15, 0.2) is 24.3 Å². The standard InChI is InChI=1S/C15H20O4/c1-17-12-8-6-11(7-9-12)10-15(16)19-14-5-3-4-13(14)18-2/h6-9,13-14H,3-5,10H2,1-2H3/t13-,14-/m0/s1. The monoisotopic (exact) mass is 264 g/mol. The zero-order chi connectivity index (χ0) is 13.7. The summed E-state index contributed by atoms with van der Waals surface area (Å²) >= 11 is 0. The molecule has 4 heteroatoms. The SMILES string of the molecule is COc1ccc(CC(=O)O[C@H]2CCC[C@@H]2OC)cc1. The summed E-state index contributed by atoms with van der Waals surface area (Å²) in [5.41, 5.74) is 0.928. The molecule has 1 aromatic carbocycles. The van der Waals surface area contributed by atoms with Crippen LogP contribution in [0.3, 0.4) is 0 Å². The van der Waals surface area contributed by atoms with Gasteiger partial charge in [0.15, 0.2) is 0 Å². The second-order valence-corrected chi connectivity index (χ2v) is 4.76. The highest BCUT2D eigenvalue weighted by Crippen LogP contribution is 2.24. The molecule has 104 valence electrons. The van der Waals surface area contributed by atoms with Crippen LogP contribution >= 0.6 is 0 Å². The minimum Gasteiger partial charge on any atom is -0.497 e. The van der Waals surface area contributed by atoms with Crippen LogP contribution in [-0.4, -0.2) is 32.4 Å². The summed E-state index contributed by atoms with van der Waals surface area (Å²) in [5.74, 6) is 0.589. The van der Waals surface area contributed by atoms with Crippen molar-refractivity contribution < 1.29 is 19.0 Å². The molecule has 0 saturated heterocycles. The number of hydrogen-bond donors (Lipinski definition) is 0. The maximum Gasteiger partial charge on any atom is 0.310 e. The van der Waals surface area contributed by atoms with Gasteiger partial charge in [0.05, 0.1) is 19.6 Å². The molecule has 0 radical (unpaired) electrons. The van der Waals surface area contributed by atoms with Gasteiger partial charge >= 0.3 is 5.97 Å².